The predicted molar refractivity (Wildman–Crippen MR) is 80.2 cm³/mol. The Bertz CT molecular complexity index is 644. The first-order valence-corrected chi connectivity index (χ1v) is 7.51. The number of aliphatic carboxylic acids is 1. The van der Waals surface area contributed by atoms with E-state index in [9.17, 15) is 27.9 Å². The minimum absolute atomic E-state index is 0.00788. The maximum atomic E-state index is 12.3. The van der Waals surface area contributed by atoms with Gasteiger partial charge >= 0.3 is 12.1 Å². The second-order valence-corrected chi connectivity index (χ2v) is 6.14. The monoisotopic (exact) mass is 365 g/mol. The first-order valence-electron chi connectivity index (χ1n) is 7.14. The number of hydrogen-bond acceptors (Lipinski definition) is 3. The first kappa shape index (κ1) is 18.4. The number of carbonyl (C=O) groups is 2. The van der Waals surface area contributed by atoms with Crippen molar-refractivity contribution in [1.29, 1.82) is 0 Å². The molecule has 0 aromatic heterocycles. The summed E-state index contributed by atoms with van der Waals surface area (Å²) in [7, 11) is 0. The summed E-state index contributed by atoms with van der Waals surface area (Å²) in [5.74, 6) is -1.88. The number of carboxylic acid groups (broad SMARTS) is 1. The van der Waals surface area contributed by atoms with Crippen LogP contribution >= 0.6 is 11.6 Å². The highest BCUT2D eigenvalue weighted by molar-refractivity contribution is 6.30. The van der Waals surface area contributed by atoms with Crippen molar-refractivity contribution < 1.29 is 32.6 Å². The molecule has 0 aliphatic heterocycles. The number of anilines is 1. The maximum Gasteiger partial charge on any atom is 0.422 e. The number of halogens is 4. The van der Waals surface area contributed by atoms with E-state index in [1.165, 1.54) is 12.1 Å². The average molecular weight is 366 g/mol. The summed E-state index contributed by atoms with van der Waals surface area (Å²) >= 11 is 5.73. The van der Waals surface area contributed by atoms with Crippen LogP contribution in [0, 0.1) is 5.41 Å². The Morgan fingerprint density at radius 1 is 1.33 bits per heavy atom. The number of ether oxygens (including phenoxy) is 1. The number of carbonyl (C=O) groups excluding carboxylic acids is 1. The largest absolute Gasteiger partial charge is 0.482 e. The van der Waals surface area contributed by atoms with Crippen LogP contribution < -0.4 is 10.1 Å². The van der Waals surface area contributed by atoms with Gasteiger partial charge in [0.2, 0.25) is 5.91 Å². The van der Waals surface area contributed by atoms with Gasteiger partial charge < -0.3 is 15.2 Å². The fourth-order valence-corrected chi connectivity index (χ4v) is 2.61. The number of benzene rings is 1. The van der Waals surface area contributed by atoms with Gasteiger partial charge in [0.25, 0.3) is 0 Å². The Labute approximate surface area is 140 Å². The predicted octanol–water partition coefficient (Wildman–Crippen LogP) is 3.86. The molecule has 0 spiro atoms. The highest BCUT2D eigenvalue weighted by Gasteiger charge is 2.46. The third-order valence-corrected chi connectivity index (χ3v) is 4.11. The van der Waals surface area contributed by atoms with Crippen LogP contribution in [0.1, 0.15) is 25.7 Å². The summed E-state index contributed by atoms with van der Waals surface area (Å²) in [4.78, 5) is 23.3. The molecule has 1 aromatic rings. The molecule has 0 saturated heterocycles. The molecule has 1 saturated carbocycles. The molecule has 1 aliphatic rings. The molecule has 2 N–H and O–H groups in total. The fraction of sp³-hybridized carbons (Fsp3) is 0.467. The van der Waals surface area contributed by atoms with Gasteiger partial charge in [-0.1, -0.05) is 18.0 Å². The molecule has 1 aromatic carbocycles. The lowest BCUT2D eigenvalue weighted by Gasteiger charge is -2.36. The molecule has 9 heteroatoms. The van der Waals surface area contributed by atoms with Gasteiger partial charge in [-0.05, 0) is 25.0 Å². The van der Waals surface area contributed by atoms with E-state index in [2.05, 4.69) is 10.1 Å². The summed E-state index contributed by atoms with van der Waals surface area (Å²) in [6.07, 6.45) is -3.27. The van der Waals surface area contributed by atoms with Crippen LogP contribution in [0.25, 0.3) is 0 Å². The first-order chi connectivity index (χ1) is 11.1. The molecule has 0 radical (unpaired) electrons. The van der Waals surface area contributed by atoms with Crippen LogP contribution in [0.4, 0.5) is 18.9 Å². The SMILES string of the molecule is O=C(CC1(C(=O)O)CCC1)Nc1ccc(Cl)cc1OCC(F)(F)F. The van der Waals surface area contributed by atoms with Crippen LogP contribution in [-0.2, 0) is 9.59 Å². The molecule has 1 aliphatic carbocycles. The van der Waals surface area contributed by atoms with Crippen LogP contribution in [0.3, 0.4) is 0 Å². The van der Waals surface area contributed by atoms with Crippen LogP contribution in [-0.4, -0.2) is 29.8 Å². The molecular formula is C15H15ClF3NO4. The van der Waals surface area contributed by atoms with Gasteiger partial charge in [-0.2, -0.15) is 13.2 Å². The van der Waals surface area contributed by atoms with Gasteiger partial charge in [0.05, 0.1) is 11.1 Å². The topological polar surface area (TPSA) is 75.6 Å². The van der Waals surface area contributed by atoms with Crippen molar-refractivity contribution in [3.8, 4) is 5.75 Å². The Morgan fingerprint density at radius 3 is 2.50 bits per heavy atom. The smallest absolute Gasteiger partial charge is 0.422 e. The van der Waals surface area contributed by atoms with E-state index in [4.69, 9.17) is 11.6 Å². The molecule has 1 amide bonds. The fourth-order valence-electron chi connectivity index (χ4n) is 2.45. The van der Waals surface area contributed by atoms with Crippen molar-refractivity contribution in [1.82, 2.24) is 0 Å². The number of amides is 1. The molecule has 5 nitrogen and oxygen atoms in total. The standard InChI is InChI=1S/C15H15ClF3NO4/c16-9-2-3-10(11(6-9)24-8-15(17,18)19)20-12(21)7-14(13(22)23)4-1-5-14/h2-3,6H,1,4-5,7-8H2,(H,20,21)(H,22,23). The zero-order chi connectivity index (χ0) is 18.0. The number of carboxylic acids is 1. The summed E-state index contributed by atoms with van der Waals surface area (Å²) < 4.78 is 41.5. The zero-order valence-electron chi connectivity index (χ0n) is 12.5. The number of nitrogens with one attached hydrogen (secondary N) is 1. The number of hydrogen-bond donors (Lipinski definition) is 2. The summed E-state index contributed by atoms with van der Waals surface area (Å²) in [6, 6.07) is 3.84. The van der Waals surface area contributed by atoms with E-state index in [1.807, 2.05) is 0 Å². The molecule has 2 rings (SSSR count). The summed E-state index contributed by atoms with van der Waals surface area (Å²) in [5.41, 5.74) is -1.09. The second-order valence-electron chi connectivity index (χ2n) is 5.71. The maximum absolute atomic E-state index is 12.3. The minimum Gasteiger partial charge on any atom is -0.482 e. The minimum atomic E-state index is -4.54. The zero-order valence-corrected chi connectivity index (χ0v) is 13.2. The molecule has 24 heavy (non-hydrogen) atoms. The number of rotatable bonds is 6. The normalized spacial score (nSPS) is 16.2. The summed E-state index contributed by atoms with van der Waals surface area (Å²) in [5, 5.41) is 11.8. The highest BCUT2D eigenvalue weighted by atomic mass is 35.5. The average Bonchev–Trinajstić information content (AvgIpc) is 2.42. The van der Waals surface area contributed by atoms with Crippen LogP contribution in [0.5, 0.6) is 5.75 Å². The van der Waals surface area contributed by atoms with Crippen LogP contribution in [0.15, 0.2) is 18.2 Å². The van der Waals surface area contributed by atoms with Crippen molar-refractivity contribution in [2.75, 3.05) is 11.9 Å². The van der Waals surface area contributed by atoms with Gasteiger partial charge in [0.15, 0.2) is 6.61 Å². The van der Waals surface area contributed by atoms with Gasteiger partial charge in [-0.25, -0.2) is 0 Å². The van der Waals surface area contributed by atoms with E-state index in [1.54, 1.807) is 0 Å². The van der Waals surface area contributed by atoms with Gasteiger partial charge in [0, 0.05) is 17.5 Å². The van der Waals surface area contributed by atoms with Gasteiger partial charge in [0.1, 0.15) is 5.75 Å². The molecular weight excluding hydrogens is 351 g/mol. The van der Waals surface area contributed by atoms with E-state index >= 15 is 0 Å². The van der Waals surface area contributed by atoms with Gasteiger partial charge in [-0.15, -0.1) is 0 Å². The Balaban J connectivity index is 2.08. The van der Waals surface area contributed by atoms with E-state index in [0.29, 0.717) is 12.8 Å². The Hall–Kier alpha value is -1.96. The molecule has 0 heterocycles. The lowest BCUT2D eigenvalue weighted by Crippen LogP contribution is -2.41. The van der Waals surface area contributed by atoms with Crippen molar-refractivity contribution in [3.63, 3.8) is 0 Å². The van der Waals surface area contributed by atoms with E-state index in [-0.39, 0.29) is 22.9 Å². The highest BCUT2D eigenvalue weighted by Crippen LogP contribution is 2.44. The summed E-state index contributed by atoms with van der Waals surface area (Å²) in [6.45, 7) is -1.53. The lowest BCUT2D eigenvalue weighted by atomic mass is 9.66. The van der Waals surface area contributed by atoms with Crippen molar-refractivity contribution in [3.05, 3.63) is 23.2 Å². The van der Waals surface area contributed by atoms with Gasteiger partial charge in [-0.3, -0.25) is 9.59 Å². The third kappa shape index (κ3) is 4.53. The third-order valence-electron chi connectivity index (χ3n) is 3.87. The lowest BCUT2D eigenvalue weighted by molar-refractivity contribution is -0.157. The van der Waals surface area contributed by atoms with Crippen molar-refractivity contribution in [2.45, 2.75) is 31.9 Å². The molecule has 0 atom stereocenters. The Morgan fingerprint density at radius 2 is 2.00 bits per heavy atom. The second kappa shape index (κ2) is 6.88. The molecule has 132 valence electrons. The molecule has 0 bridgehead atoms. The van der Waals surface area contributed by atoms with E-state index in [0.717, 1.165) is 12.5 Å². The van der Waals surface area contributed by atoms with Crippen molar-refractivity contribution in [2.24, 2.45) is 5.41 Å². The Kier molecular flexibility index (Phi) is 5.27. The molecule has 0 unspecified atom stereocenters. The van der Waals surface area contributed by atoms with Crippen molar-refractivity contribution >= 4 is 29.2 Å². The number of alkyl halides is 3. The van der Waals surface area contributed by atoms with Crippen LogP contribution in [0.2, 0.25) is 5.02 Å². The van der Waals surface area contributed by atoms with E-state index < -0.39 is 30.1 Å². The quantitative estimate of drug-likeness (QED) is 0.802. The molecule has 1 fully saturated rings.